The van der Waals surface area contributed by atoms with Crippen LogP contribution in [0.2, 0.25) is 0 Å². The monoisotopic (exact) mass is 643 g/mol. The quantitative estimate of drug-likeness (QED) is 0.338. The van der Waals surface area contributed by atoms with Crippen LogP contribution in [0.25, 0.3) is 0 Å². The number of amides is 4. The van der Waals surface area contributed by atoms with E-state index in [-0.39, 0.29) is 73.1 Å². The number of carbonyl (C=O) groups is 4. The van der Waals surface area contributed by atoms with Gasteiger partial charge >= 0.3 is 0 Å². The molecule has 4 heterocycles. The average molecular weight is 644 g/mol. The number of nitrogens with one attached hydrogen (secondary N) is 4. The molecule has 1 aromatic carbocycles. The van der Waals surface area contributed by atoms with Gasteiger partial charge < -0.3 is 30.6 Å². The molecule has 5 rings (SSSR count). The summed E-state index contributed by atoms with van der Waals surface area (Å²) in [6, 6.07) is 8.06. The lowest BCUT2D eigenvalue weighted by Gasteiger charge is -2.30. The second-order valence-corrected chi connectivity index (χ2v) is 12.1. The number of nitrogens with zero attached hydrogens (tertiary/aromatic N) is 3. The molecule has 2 aliphatic rings. The van der Waals surface area contributed by atoms with E-state index in [0.29, 0.717) is 17.8 Å². The van der Waals surface area contributed by atoms with E-state index >= 15 is 0 Å². The molecule has 1 fully saturated rings. The number of piperidine rings is 1. The van der Waals surface area contributed by atoms with Crippen molar-refractivity contribution in [3.63, 3.8) is 0 Å². The molecule has 4 bridgehead atoms. The van der Waals surface area contributed by atoms with Gasteiger partial charge in [0.1, 0.15) is 23.0 Å². The Bertz CT molecular complexity index is 1440. The van der Waals surface area contributed by atoms with Gasteiger partial charge in [-0.15, -0.1) is 23.7 Å². The predicted molar refractivity (Wildman–Crippen MR) is 166 cm³/mol. The highest BCUT2D eigenvalue weighted by atomic mass is 35.5. The predicted octanol–water partition coefficient (Wildman–Crippen LogP) is 2.79. The molecule has 3 aromatic rings. The second-order valence-electron chi connectivity index (χ2n) is 11.2. The fraction of sp³-hybridized carbons (Fsp3) is 0.467. The minimum atomic E-state index is -0.669. The van der Waals surface area contributed by atoms with Crippen molar-refractivity contribution in [3.05, 3.63) is 69.8 Å². The van der Waals surface area contributed by atoms with Gasteiger partial charge in [0, 0.05) is 24.9 Å². The third kappa shape index (κ3) is 8.21. The summed E-state index contributed by atoms with van der Waals surface area (Å²) in [7, 11) is 0. The van der Waals surface area contributed by atoms with Gasteiger partial charge in [0.2, 0.25) is 17.7 Å². The fourth-order valence-corrected chi connectivity index (χ4v) is 6.24. The first-order chi connectivity index (χ1) is 20.8. The van der Waals surface area contributed by atoms with Crippen LogP contribution < -0.4 is 21.3 Å². The molecule has 44 heavy (non-hydrogen) atoms. The lowest BCUT2D eigenvalue weighted by molar-refractivity contribution is -0.138. The molecule has 2 aliphatic heterocycles. The van der Waals surface area contributed by atoms with Crippen molar-refractivity contribution < 1.29 is 23.6 Å². The molecule has 0 spiro atoms. The van der Waals surface area contributed by atoms with Gasteiger partial charge in [-0.1, -0.05) is 50.6 Å². The Kier molecular flexibility index (Phi) is 11.5. The molecular formula is C30H38ClN7O5S. The van der Waals surface area contributed by atoms with Crippen LogP contribution in [0.1, 0.15) is 82.6 Å². The molecule has 1 saturated heterocycles. The van der Waals surface area contributed by atoms with Crippen LogP contribution in [0.15, 0.2) is 46.4 Å². The highest BCUT2D eigenvalue weighted by Gasteiger charge is 2.30. The van der Waals surface area contributed by atoms with Gasteiger partial charge in [-0.2, -0.15) is 0 Å². The largest absolute Gasteiger partial charge is 0.446 e. The van der Waals surface area contributed by atoms with Gasteiger partial charge in [-0.3, -0.25) is 19.2 Å². The Hall–Kier alpha value is -3.81. The molecule has 14 heteroatoms. The van der Waals surface area contributed by atoms with Gasteiger partial charge in [0.25, 0.3) is 11.8 Å². The topological polar surface area (TPSA) is 159 Å². The van der Waals surface area contributed by atoms with Crippen molar-refractivity contribution >= 4 is 47.4 Å². The number of halogens is 1. The van der Waals surface area contributed by atoms with E-state index in [4.69, 9.17) is 4.42 Å². The van der Waals surface area contributed by atoms with Crippen molar-refractivity contribution in [1.82, 2.24) is 36.1 Å². The first kappa shape index (κ1) is 33.1. The molecule has 0 unspecified atom stereocenters. The molecule has 0 aliphatic carbocycles. The normalized spacial score (nSPS) is 21.8. The molecule has 4 N–H and O–H groups in total. The van der Waals surface area contributed by atoms with E-state index in [9.17, 15) is 19.2 Å². The molecule has 0 radical (unpaired) electrons. The standard InChI is InChI=1S/C30H37N7O5S.ClH/c1-18(2)25-29-35-23(17-43-29)27(40)33-21(14-19-8-4-3-5-9-19)28-34-22(16-42-28)26(39)32-12-13-37(15-24(38)36-25)30(41)20-10-6-7-11-31-20;/h3-5,8-9,16-18,20-21,25,31H,6-7,10-15H2,1-2H3,(H,32,39)(H,33,40)(H,36,38);1H/t20-,21+,25+;/m1./s1. The van der Waals surface area contributed by atoms with E-state index in [1.807, 2.05) is 44.2 Å². The lowest BCUT2D eigenvalue weighted by atomic mass is 10.0. The van der Waals surface area contributed by atoms with Crippen LogP contribution in [0.4, 0.5) is 0 Å². The highest BCUT2D eigenvalue weighted by molar-refractivity contribution is 7.09. The van der Waals surface area contributed by atoms with Crippen LogP contribution in [0.5, 0.6) is 0 Å². The van der Waals surface area contributed by atoms with Crippen LogP contribution in [0.3, 0.4) is 0 Å². The maximum Gasteiger partial charge on any atom is 0.273 e. The smallest absolute Gasteiger partial charge is 0.273 e. The molecular weight excluding hydrogens is 606 g/mol. The summed E-state index contributed by atoms with van der Waals surface area (Å²) in [6.07, 6.45) is 4.24. The van der Waals surface area contributed by atoms with Crippen LogP contribution in [-0.2, 0) is 16.0 Å². The molecule has 12 nitrogen and oxygen atoms in total. The number of aromatic nitrogens is 2. The fourth-order valence-electron chi connectivity index (χ4n) is 5.22. The minimum absolute atomic E-state index is 0. The van der Waals surface area contributed by atoms with Crippen molar-refractivity contribution in [2.75, 3.05) is 26.2 Å². The third-order valence-electron chi connectivity index (χ3n) is 7.57. The van der Waals surface area contributed by atoms with Gasteiger partial charge in [0.05, 0.1) is 18.6 Å². The number of hydrogen-bond donors (Lipinski definition) is 4. The van der Waals surface area contributed by atoms with Crippen molar-refractivity contribution in [3.8, 4) is 0 Å². The number of rotatable bonds is 4. The summed E-state index contributed by atoms with van der Waals surface area (Å²) in [5, 5.41) is 14.2. The number of fused-ring (bicyclic) bond motifs is 4. The number of benzene rings is 1. The summed E-state index contributed by atoms with van der Waals surface area (Å²) in [5.41, 5.74) is 1.19. The van der Waals surface area contributed by atoms with Crippen LogP contribution >= 0.6 is 23.7 Å². The van der Waals surface area contributed by atoms with E-state index in [2.05, 4.69) is 31.2 Å². The Morgan fingerprint density at radius 1 is 1.05 bits per heavy atom. The number of thiazole rings is 1. The number of carbonyl (C=O) groups excluding carboxylic acids is 4. The van der Waals surface area contributed by atoms with E-state index in [1.165, 1.54) is 22.5 Å². The van der Waals surface area contributed by atoms with Gasteiger partial charge in [-0.05, 0) is 30.9 Å². The second kappa shape index (κ2) is 15.3. The van der Waals surface area contributed by atoms with Crippen molar-refractivity contribution in [1.29, 1.82) is 0 Å². The first-order valence-corrected chi connectivity index (χ1v) is 15.5. The zero-order valence-electron chi connectivity index (χ0n) is 24.7. The molecule has 0 saturated carbocycles. The van der Waals surface area contributed by atoms with E-state index in [1.54, 1.807) is 5.38 Å². The van der Waals surface area contributed by atoms with Gasteiger partial charge in [0.15, 0.2) is 5.69 Å². The first-order valence-electron chi connectivity index (χ1n) is 14.6. The van der Waals surface area contributed by atoms with Crippen LogP contribution in [0, 0.1) is 5.92 Å². The zero-order valence-corrected chi connectivity index (χ0v) is 26.3. The maximum absolute atomic E-state index is 13.4. The Balaban J connectivity index is 0.00000442. The Labute approximate surface area is 266 Å². The maximum atomic E-state index is 13.4. The minimum Gasteiger partial charge on any atom is -0.446 e. The molecule has 2 aromatic heterocycles. The van der Waals surface area contributed by atoms with Crippen LogP contribution in [-0.4, -0.2) is 70.7 Å². The SMILES string of the molecule is CC(C)[C@@H]1NC(=O)CN(C(=O)[C@H]2CCCCN2)CCNC(=O)c2coc(n2)[C@H](Cc2ccccc2)NC(=O)c2csc1n2.Cl. The lowest BCUT2D eigenvalue weighted by Crippen LogP contribution is -2.53. The van der Waals surface area contributed by atoms with E-state index in [0.717, 1.165) is 24.9 Å². The summed E-state index contributed by atoms with van der Waals surface area (Å²) >= 11 is 1.28. The highest BCUT2D eigenvalue weighted by Crippen LogP contribution is 2.26. The summed E-state index contributed by atoms with van der Waals surface area (Å²) in [4.78, 5) is 63.5. The number of hydrogen-bond acceptors (Lipinski definition) is 9. The van der Waals surface area contributed by atoms with Gasteiger partial charge in [-0.25, -0.2) is 9.97 Å². The summed E-state index contributed by atoms with van der Waals surface area (Å²) in [5.74, 6) is -1.29. The molecule has 236 valence electrons. The third-order valence-corrected chi connectivity index (χ3v) is 8.49. The van der Waals surface area contributed by atoms with Crippen molar-refractivity contribution in [2.45, 2.75) is 57.7 Å². The van der Waals surface area contributed by atoms with E-state index < -0.39 is 23.9 Å². The molecule has 4 amide bonds. The number of oxazole rings is 1. The van der Waals surface area contributed by atoms with Crippen molar-refractivity contribution in [2.24, 2.45) is 5.92 Å². The molecule has 3 atom stereocenters. The Morgan fingerprint density at radius 3 is 2.57 bits per heavy atom. The zero-order chi connectivity index (χ0) is 30.3. The summed E-state index contributed by atoms with van der Waals surface area (Å²) in [6.45, 7) is 4.73. The Morgan fingerprint density at radius 2 is 1.84 bits per heavy atom. The summed E-state index contributed by atoms with van der Waals surface area (Å²) < 4.78 is 5.69. The average Bonchev–Trinajstić information content (AvgIpc) is 3.70.